The van der Waals surface area contributed by atoms with Gasteiger partial charge in [0.1, 0.15) is 5.75 Å². The van der Waals surface area contributed by atoms with Gasteiger partial charge in [0.2, 0.25) is 0 Å². The van der Waals surface area contributed by atoms with Crippen LogP contribution in [-0.2, 0) is 12.7 Å². The van der Waals surface area contributed by atoms with Crippen LogP contribution in [0.1, 0.15) is 23.6 Å². The van der Waals surface area contributed by atoms with Gasteiger partial charge in [-0.05, 0) is 48.7 Å². The summed E-state index contributed by atoms with van der Waals surface area (Å²) in [7, 11) is 1.41. The molecule has 7 heteroatoms. The highest BCUT2D eigenvalue weighted by atomic mass is 19.4. The van der Waals surface area contributed by atoms with Gasteiger partial charge in [0.05, 0.1) is 12.7 Å². The minimum absolute atomic E-state index is 0.173. The molecule has 26 heavy (non-hydrogen) atoms. The molecule has 2 atom stereocenters. The highest BCUT2D eigenvalue weighted by molar-refractivity contribution is 5.71. The zero-order valence-corrected chi connectivity index (χ0v) is 14.3. The van der Waals surface area contributed by atoms with Crippen molar-refractivity contribution in [2.24, 2.45) is 5.92 Å². The fourth-order valence-corrected chi connectivity index (χ4v) is 4.07. The fraction of sp³-hybridized carbons (Fsp3) is 0.421. The van der Waals surface area contributed by atoms with Gasteiger partial charge in [0.15, 0.2) is 0 Å². The van der Waals surface area contributed by atoms with Crippen molar-refractivity contribution < 1.29 is 17.9 Å². The van der Waals surface area contributed by atoms with E-state index in [-0.39, 0.29) is 17.0 Å². The zero-order chi connectivity index (χ0) is 18.5. The number of pyridine rings is 1. The average Bonchev–Trinajstić information content (AvgIpc) is 2.61. The third-order valence-electron chi connectivity index (χ3n) is 5.30. The number of nitrogens with zero attached hydrogens (tertiary/aromatic N) is 1. The molecule has 0 saturated carbocycles. The number of fused-ring (bicyclic) bond motifs is 4. The lowest BCUT2D eigenvalue weighted by molar-refractivity contribution is -0.137. The van der Waals surface area contributed by atoms with Crippen LogP contribution in [0.3, 0.4) is 0 Å². The first-order valence-electron chi connectivity index (χ1n) is 8.58. The van der Waals surface area contributed by atoms with Gasteiger partial charge in [-0.25, -0.2) is 0 Å². The number of benzene rings is 1. The molecule has 138 valence electrons. The van der Waals surface area contributed by atoms with E-state index in [1.54, 1.807) is 4.57 Å². The Hall–Kier alpha value is -2.28. The van der Waals surface area contributed by atoms with E-state index in [1.807, 2.05) is 6.07 Å². The predicted octanol–water partition coefficient (Wildman–Crippen LogP) is 3.25. The molecular formula is C19H19F3N2O2. The lowest BCUT2D eigenvalue weighted by Crippen LogP contribution is -2.44. The van der Waals surface area contributed by atoms with E-state index < -0.39 is 11.7 Å². The summed E-state index contributed by atoms with van der Waals surface area (Å²) in [5.74, 6) is 0.942. The number of ether oxygens (including phenoxy) is 1. The molecule has 1 fully saturated rings. The second-order valence-corrected chi connectivity index (χ2v) is 6.99. The number of methoxy groups -OCH3 is 1. The van der Waals surface area contributed by atoms with Crippen LogP contribution in [-0.4, -0.2) is 24.8 Å². The van der Waals surface area contributed by atoms with Gasteiger partial charge in [0, 0.05) is 36.3 Å². The summed E-state index contributed by atoms with van der Waals surface area (Å²) in [6.45, 7) is 2.32. The molecule has 2 aliphatic rings. The van der Waals surface area contributed by atoms with Gasteiger partial charge in [-0.1, -0.05) is 0 Å². The Labute approximate surface area is 148 Å². The molecule has 1 N–H and O–H groups in total. The van der Waals surface area contributed by atoms with Crippen LogP contribution in [0.2, 0.25) is 0 Å². The number of nitrogens with one attached hydrogen (secondary N) is 1. The predicted molar refractivity (Wildman–Crippen MR) is 91.4 cm³/mol. The highest BCUT2D eigenvalue weighted by Crippen LogP contribution is 2.39. The van der Waals surface area contributed by atoms with Crippen molar-refractivity contribution in [3.05, 3.63) is 51.9 Å². The van der Waals surface area contributed by atoms with E-state index in [1.165, 1.54) is 19.2 Å². The first-order chi connectivity index (χ1) is 12.4. The average molecular weight is 364 g/mol. The molecule has 1 aromatic carbocycles. The Bertz CT molecular complexity index is 905. The summed E-state index contributed by atoms with van der Waals surface area (Å²) in [4.78, 5) is 12.7. The second kappa shape index (κ2) is 6.16. The Kier molecular flexibility index (Phi) is 4.06. The van der Waals surface area contributed by atoms with E-state index in [4.69, 9.17) is 4.74 Å². The van der Waals surface area contributed by atoms with Crippen LogP contribution in [0.4, 0.5) is 13.2 Å². The van der Waals surface area contributed by atoms with Crippen molar-refractivity contribution in [3.8, 4) is 16.9 Å². The van der Waals surface area contributed by atoms with Gasteiger partial charge < -0.3 is 14.6 Å². The van der Waals surface area contributed by atoms with E-state index in [0.29, 0.717) is 23.8 Å². The van der Waals surface area contributed by atoms with E-state index in [2.05, 4.69) is 5.32 Å². The monoisotopic (exact) mass is 364 g/mol. The second-order valence-electron chi connectivity index (χ2n) is 6.99. The minimum atomic E-state index is -4.45. The summed E-state index contributed by atoms with van der Waals surface area (Å²) in [5, 5.41) is 3.37. The maximum atomic E-state index is 13.1. The molecule has 4 nitrogen and oxygen atoms in total. The third kappa shape index (κ3) is 2.90. The fourth-order valence-electron chi connectivity index (χ4n) is 4.07. The number of rotatable bonds is 2. The molecule has 0 unspecified atom stereocenters. The summed E-state index contributed by atoms with van der Waals surface area (Å²) >= 11 is 0. The van der Waals surface area contributed by atoms with Crippen LogP contribution < -0.4 is 15.6 Å². The smallest absolute Gasteiger partial charge is 0.416 e. The Morgan fingerprint density at radius 1 is 1.19 bits per heavy atom. The number of hydrogen-bond acceptors (Lipinski definition) is 3. The third-order valence-corrected chi connectivity index (χ3v) is 5.30. The first kappa shape index (κ1) is 17.1. The van der Waals surface area contributed by atoms with Crippen LogP contribution in [0, 0.1) is 5.92 Å². The number of alkyl halides is 3. The van der Waals surface area contributed by atoms with Gasteiger partial charge >= 0.3 is 6.18 Å². The zero-order valence-electron chi connectivity index (χ0n) is 14.3. The SMILES string of the molecule is COc1ccc(C(F)(F)F)cc1-c1cc2n(c(=O)c1)C[C@@H]1CNC[C@H]2C1. The topological polar surface area (TPSA) is 43.3 Å². The van der Waals surface area contributed by atoms with Crippen molar-refractivity contribution in [1.82, 2.24) is 9.88 Å². The molecule has 2 aromatic rings. The largest absolute Gasteiger partial charge is 0.496 e. The molecule has 4 rings (SSSR count). The van der Waals surface area contributed by atoms with Crippen LogP contribution in [0.5, 0.6) is 5.75 Å². The van der Waals surface area contributed by atoms with Crippen LogP contribution in [0.25, 0.3) is 11.1 Å². The van der Waals surface area contributed by atoms with Crippen LogP contribution in [0.15, 0.2) is 35.1 Å². The molecule has 0 radical (unpaired) electrons. The van der Waals surface area contributed by atoms with Crippen molar-refractivity contribution in [3.63, 3.8) is 0 Å². The Morgan fingerprint density at radius 3 is 2.73 bits per heavy atom. The summed E-state index contributed by atoms with van der Waals surface area (Å²) in [6.07, 6.45) is -3.46. The van der Waals surface area contributed by atoms with E-state index in [9.17, 15) is 18.0 Å². The van der Waals surface area contributed by atoms with Crippen molar-refractivity contribution in [2.75, 3.05) is 20.2 Å². The number of aromatic nitrogens is 1. The summed E-state index contributed by atoms with van der Waals surface area (Å²) in [5.41, 5.74) is 0.705. The Morgan fingerprint density at radius 2 is 2.00 bits per heavy atom. The quantitative estimate of drug-likeness (QED) is 0.890. The lowest BCUT2D eigenvalue weighted by atomic mass is 9.83. The number of hydrogen-bond donors (Lipinski definition) is 1. The van der Waals surface area contributed by atoms with Gasteiger partial charge in [-0.3, -0.25) is 4.79 Å². The molecule has 2 bridgehead atoms. The molecule has 1 saturated heterocycles. The number of halogens is 3. The van der Waals surface area contributed by atoms with Gasteiger partial charge in [-0.15, -0.1) is 0 Å². The van der Waals surface area contributed by atoms with Crippen molar-refractivity contribution >= 4 is 0 Å². The van der Waals surface area contributed by atoms with Gasteiger partial charge in [0.25, 0.3) is 5.56 Å². The van der Waals surface area contributed by atoms with Crippen molar-refractivity contribution in [2.45, 2.75) is 25.1 Å². The molecule has 1 aromatic heterocycles. The standard InChI is InChI=1S/C19H19F3N2O2/c1-26-17-3-2-14(19(20,21)22)7-15(17)12-5-16-13-4-11(8-23-9-13)10-24(16)18(25)6-12/h2-3,5-7,11,13,23H,4,8-10H2,1H3/t11-,13+/m0/s1. The Balaban J connectivity index is 1.87. The molecule has 0 aliphatic carbocycles. The normalized spacial score (nSPS) is 22.0. The summed E-state index contributed by atoms with van der Waals surface area (Å²) in [6, 6.07) is 6.59. The van der Waals surface area contributed by atoms with Gasteiger partial charge in [-0.2, -0.15) is 13.2 Å². The molecule has 2 aliphatic heterocycles. The maximum Gasteiger partial charge on any atom is 0.416 e. The highest BCUT2D eigenvalue weighted by Gasteiger charge is 2.33. The van der Waals surface area contributed by atoms with E-state index >= 15 is 0 Å². The summed E-state index contributed by atoms with van der Waals surface area (Å²) < 4.78 is 46.4. The number of piperidine rings is 1. The molecule has 3 heterocycles. The molecular weight excluding hydrogens is 345 g/mol. The first-order valence-corrected chi connectivity index (χ1v) is 8.58. The lowest BCUT2D eigenvalue weighted by Gasteiger charge is -2.37. The minimum Gasteiger partial charge on any atom is -0.496 e. The van der Waals surface area contributed by atoms with Crippen molar-refractivity contribution in [1.29, 1.82) is 0 Å². The van der Waals surface area contributed by atoms with Crippen LogP contribution >= 0.6 is 0 Å². The molecule has 0 amide bonds. The maximum absolute atomic E-state index is 13.1. The van der Waals surface area contributed by atoms with E-state index in [0.717, 1.165) is 37.3 Å². The molecule has 0 spiro atoms.